The van der Waals surface area contributed by atoms with Crippen molar-refractivity contribution in [2.24, 2.45) is 0 Å². The van der Waals surface area contributed by atoms with Gasteiger partial charge in [-0.05, 0) is 11.6 Å². The lowest BCUT2D eigenvalue weighted by Gasteiger charge is -2.27. The molecule has 0 unspecified atom stereocenters. The number of fused-ring (bicyclic) bond motifs is 1. The highest BCUT2D eigenvalue weighted by Crippen LogP contribution is 2.20. The number of aliphatic carboxylic acids is 2. The van der Waals surface area contributed by atoms with Crippen molar-refractivity contribution in [1.29, 1.82) is 0 Å². The van der Waals surface area contributed by atoms with E-state index in [4.69, 9.17) is 5.11 Å². The molecular formula is C15H19N3O4. The zero-order valence-electron chi connectivity index (χ0n) is 12.2. The van der Waals surface area contributed by atoms with Crippen LogP contribution in [0.4, 0.5) is 0 Å². The van der Waals surface area contributed by atoms with Crippen LogP contribution in [0.1, 0.15) is 12.5 Å². The van der Waals surface area contributed by atoms with Crippen LogP contribution in [0.15, 0.2) is 30.5 Å². The Morgan fingerprint density at radius 3 is 2.68 bits per heavy atom. The van der Waals surface area contributed by atoms with Gasteiger partial charge in [-0.15, -0.1) is 0 Å². The Balaban J connectivity index is 2.20. The van der Waals surface area contributed by atoms with Crippen molar-refractivity contribution in [2.45, 2.75) is 19.4 Å². The molecule has 0 saturated heterocycles. The van der Waals surface area contributed by atoms with E-state index in [0.29, 0.717) is 6.54 Å². The largest absolute Gasteiger partial charge is 0.480 e. The fourth-order valence-electron chi connectivity index (χ4n) is 2.45. The van der Waals surface area contributed by atoms with Crippen LogP contribution in [-0.2, 0) is 16.0 Å². The van der Waals surface area contributed by atoms with Gasteiger partial charge in [-0.25, -0.2) is 10.4 Å². The average molecular weight is 305 g/mol. The molecule has 1 aromatic heterocycles. The molecule has 0 fully saturated rings. The minimum atomic E-state index is -1.03. The summed E-state index contributed by atoms with van der Waals surface area (Å²) in [6.45, 7) is 1.85. The van der Waals surface area contributed by atoms with Gasteiger partial charge < -0.3 is 15.2 Å². The first kappa shape index (κ1) is 16.0. The quantitative estimate of drug-likeness (QED) is 0.544. The number of aromatic amines is 1. The summed E-state index contributed by atoms with van der Waals surface area (Å²) in [6.07, 6.45) is 2.07. The molecule has 2 aromatic rings. The number of benzene rings is 1. The Hall–Kier alpha value is -2.38. The van der Waals surface area contributed by atoms with Crippen LogP contribution in [0.25, 0.3) is 10.9 Å². The van der Waals surface area contributed by atoms with Gasteiger partial charge in [0.1, 0.15) is 12.6 Å². The first-order valence-electron chi connectivity index (χ1n) is 7.02. The molecule has 0 bridgehead atoms. The summed E-state index contributed by atoms with van der Waals surface area (Å²) >= 11 is 0. The van der Waals surface area contributed by atoms with E-state index in [1.165, 1.54) is 5.01 Å². The molecule has 2 rings (SSSR count). The molecule has 22 heavy (non-hydrogen) atoms. The van der Waals surface area contributed by atoms with Crippen molar-refractivity contribution in [3.63, 3.8) is 0 Å². The number of hydrogen-bond donors (Lipinski definition) is 4. The molecule has 4 N–H and O–H groups in total. The predicted octanol–water partition coefficient (Wildman–Crippen LogP) is 1.07. The van der Waals surface area contributed by atoms with Gasteiger partial charge in [0.2, 0.25) is 0 Å². The maximum absolute atomic E-state index is 11.6. The van der Waals surface area contributed by atoms with E-state index in [9.17, 15) is 14.7 Å². The fraction of sp³-hybridized carbons (Fsp3) is 0.333. The van der Waals surface area contributed by atoms with Gasteiger partial charge in [-0.3, -0.25) is 9.59 Å². The molecular weight excluding hydrogens is 286 g/mol. The van der Waals surface area contributed by atoms with E-state index < -0.39 is 18.0 Å². The molecule has 7 nitrogen and oxygen atoms in total. The molecule has 0 aliphatic rings. The van der Waals surface area contributed by atoms with E-state index in [0.717, 1.165) is 16.5 Å². The number of carbonyl (C=O) groups is 2. The molecule has 1 heterocycles. The maximum Gasteiger partial charge on any atom is 0.322 e. The number of nitrogens with zero attached hydrogens (tertiary/aromatic N) is 1. The molecule has 0 aliphatic carbocycles. The fourth-order valence-corrected chi connectivity index (χ4v) is 2.45. The minimum Gasteiger partial charge on any atom is -0.480 e. The first-order valence-corrected chi connectivity index (χ1v) is 7.02. The van der Waals surface area contributed by atoms with E-state index in [1.807, 2.05) is 24.3 Å². The topological polar surface area (TPSA) is 106 Å². The lowest BCUT2D eigenvalue weighted by molar-refractivity contribution is -0.146. The van der Waals surface area contributed by atoms with E-state index >= 15 is 0 Å². The second kappa shape index (κ2) is 7.06. The van der Waals surface area contributed by atoms with Crippen LogP contribution >= 0.6 is 0 Å². The number of hydrazine groups is 1. The highest BCUT2D eigenvalue weighted by molar-refractivity contribution is 5.84. The first-order chi connectivity index (χ1) is 10.5. The lowest BCUT2D eigenvalue weighted by Crippen LogP contribution is -2.51. The van der Waals surface area contributed by atoms with E-state index in [1.54, 1.807) is 13.1 Å². The SMILES string of the molecule is CCN(NCC(=O)O)[C@@H](Cc1c[nH]c2ccccc12)C(=O)O. The van der Waals surface area contributed by atoms with Gasteiger partial charge in [-0.1, -0.05) is 25.1 Å². The zero-order valence-corrected chi connectivity index (χ0v) is 12.2. The standard InChI is InChI=1S/C15H19N3O4/c1-2-18(17-9-14(19)20)13(15(21)22)7-10-8-16-12-6-4-3-5-11(10)12/h3-6,8,13,16-17H,2,7,9H2,1H3,(H,19,20)(H,21,22)/t13-/m0/s1. The normalized spacial score (nSPS) is 12.6. The van der Waals surface area contributed by atoms with Crippen molar-refractivity contribution in [1.82, 2.24) is 15.4 Å². The molecule has 1 aromatic carbocycles. The van der Waals surface area contributed by atoms with Crippen LogP contribution in [0.2, 0.25) is 0 Å². The Bertz CT molecular complexity index is 668. The second-order valence-corrected chi connectivity index (χ2v) is 4.93. The number of rotatable bonds is 8. The summed E-state index contributed by atoms with van der Waals surface area (Å²) in [4.78, 5) is 25.3. The van der Waals surface area contributed by atoms with Crippen molar-refractivity contribution >= 4 is 22.8 Å². The van der Waals surface area contributed by atoms with Gasteiger partial charge >= 0.3 is 11.9 Å². The number of likely N-dealkylation sites (N-methyl/N-ethyl adjacent to an activating group) is 1. The average Bonchev–Trinajstić information content (AvgIpc) is 2.89. The summed E-state index contributed by atoms with van der Waals surface area (Å²) in [5.74, 6) is -2.03. The number of carboxylic acid groups (broad SMARTS) is 2. The Kier molecular flexibility index (Phi) is 5.13. The number of para-hydroxylation sites is 1. The van der Waals surface area contributed by atoms with Crippen LogP contribution in [0.3, 0.4) is 0 Å². The number of nitrogens with one attached hydrogen (secondary N) is 2. The highest BCUT2D eigenvalue weighted by atomic mass is 16.4. The number of aromatic nitrogens is 1. The molecule has 0 spiro atoms. The Morgan fingerprint density at radius 2 is 2.05 bits per heavy atom. The third-order valence-electron chi connectivity index (χ3n) is 3.52. The molecule has 118 valence electrons. The van der Waals surface area contributed by atoms with E-state index in [-0.39, 0.29) is 13.0 Å². The minimum absolute atomic E-state index is 0.278. The third-order valence-corrected chi connectivity index (χ3v) is 3.52. The van der Waals surface area contributed by atoms with Crippen LogP contribution in [0.5, 0.6) is 0 Å². The van der Waals surface area contributed by atoms with Crippen LogP contribution < -0.4 is 5.43 Å². The Labute approximate surface area is 127 Å². The van der Waals surface area contributed by atoms with Crippen molar-refractivity contribution in [3.05, 3.63) is 36.0 Å². The summed E-state index contributed by atoms with van der Waals surface area (Å²) in [6, 6.07) is 6.82. The number of H-pyrrole nitrogens is 1. The van der Waals surface area contributed by atoms with Gasteiger partial charge in [-0.2, -0.15) is 0 Å². The van der Waals surface area contributed by atoms with Gasteiger partial charge in [0.15, 0.2) is 0 Å². The molecule has 0 aliphatic heterocycles. The molecule has 0 saturated carbocycles. The lowest BCUT2D eigenvalue weighted by atomic mass is 10.0. The summed E-state index contributed by atoms with van der Waals surface area (Å²) in [5.41, 5.74) is 4.49. The van der Waals surface area contributed by atoms with Crippen LogP contribution in [0, 0.1) is 0 Å². The monoisotopic (exact) mass is 305 g/mol. The Morgan fingerprint density at radius 1 is 1.32 bits per heavy atom. The van der Waals surface area contributed by atoms with Crippen molar-refractivity contribution in [2.75, 3.05) is 13.1 Å². The predicted molar refractivity (Wildman–Crippen MR) is 81.4 cm³/mol. The van der Waals surface area contributed by atoms with Gasteiger partial charge in [0.05, 0.1) is 0 Å². The molecule has 0 amide bonds. The van der Waals surface area contributed by atoms with Crippen molar-refractivity contribution in [3.8, 4) is 0 Å². The summed E-state index contributed by atoms with van der Waals surface area (Å²) in [7, 11) is 0. The highest BCUT2D eigenvalue weighted by Gasteiger charge is 2.26. The molecule has 7 heteroatoms. The third kappa shape index (κ3) is 3.63. The molecule has 1 atom stereocenters. The van der Waals surface area contributed by atoms with Crippen LogP contribution in [-0.4, -0.2) is 51.3 Å². The smallest absolute Gasteiger partial charge is 0.322 e. The second-order valence-electron chi connectivity index (χ2n) is 4.93. The van der Waals surface area contributed by atoms with E-state index in [2.05, 4.69) is 10.4 Å². The number of hydrogen-bond acceptors (Lipinski definition) is 4. The van der Waals surface area contributed by atoms with Crippen molar-refractivity contribution < 1.29 is 19.8 Å². The van der Waals surface area contributed by atoms with Gasteiger partial charge in [0.25, 0.3) is 0 Å². The van der Waals surface area contributed by atoms with Gasteiger partial charge in [0, 0.05) is 30.1 Å². The summed E-state index contributed by atoms with van der Waals surface area (Å²) < 4.78 is 0. The summed E-state index contributed by atoms with van der Waals surface area (Å²) in [5, 5.41) is 20.6. The zero-order chi connectivity index (χ0) is 16.1. The molecule has 0 radical (unpaired) electrons. The number of carboxylic acids is 2. The maximum atomic E-state index is 11.6.